The van der Waals surface area contributed by atoms with E-state index in [0.717, 1.165) is 0 Å². The Bertz CT molecular complexity index is 524. The molecule has 1 aromatic rings. The van der Waals surface area contributed by atoms with Gasteiger partial charge in [0.15, 0.2) is 0 Å². The highest BCUT2D eigenvalue weighted by atomic mass is 16.5. The van der Waals surface area contributed by atoms with Crippen molar-refractivity contribution in [3.05, 3.63) is 23.8 Å². The van der Waals surface area contributed by atoms with E-state index in [0.29, 0.717) is 24.6 Å². The summed E-state index contributed by atoms with van der Waals surface area (Å²) in [6.07, 6.45) is 0. The molecule has 21 heavy (non-hydrogen) atoms. The van der Waals surface area contributed by atoms with Gasteiger partial charge >= 0.3 is 5.97 Å². The first-order chi connectivity index (χ1) is 10.1. The summed E-state index contributed by atoms with van der Waals surface area (Å²) in [6.45, 7) is 1.09. The minimum absolute atomic E-state index is 0.221. The van der Waals surface area contributed by atoms with Crippen LogP contribution < -0.4 is 14.8 Å². The zero-order chi connectivity index (χ0) is 15.4. The maximum Gasteiger partial charge on any atom is 0.327 e. The zero-order valence-electron chi connectivity index (χ0n) is 12.0. The molecular formula is C14H18N2O5. The number of ether oxygens (including phenoxy) is 2. The molecule has 1 heterocycles. The van der Waals surface area contributed by atoms with Crippen LogP contribution in [0, 0.1) is 0 Å². The summed E-state index contributed by atoms with van der Waals surface area (Å²) in [5, 5.41) is 12.2. The first kappa shape index (κ1) is 15.1. The third kappa shape index (κ3) is 2.92. The summed E-state index contributed by atoms with van der Waals surface area (Å²) >= 11 is 0. The third-order valence-corrected chi connectivity index (χ3v) is 3.43. The molecule has 0 aliphatic carbocycles. The minimum Gasteiger partial charge on any atom is -0.496 e. The number of piperazine rings is 1. The van der Waals surface area contributed by atoms with Gasteiger partial charge in [-0.2, -0.15) is 0 Å². The van der Waals surface area contributed by atoms with Gasteiger partial charge in [-0.15, -0.1) is 0 Å². The zero-order valence-corrected chi connectivity index (χ0v) is 12.0. The Labute approximate surface area is 122 Å². The van der Waals surface area contributed by atoms with Gasteiger partial charge in [-0.05, 0) is 12.1 Å². The molecule has 2 N–H and O–H groups in total. The first-order valence-electron chi connectivity index (χ1n) is 6.55. The van der Waals surface area contributed by atoms with Crippen molar-refractivity contribution >= 4 is 11.9 Å². The van der Waals surface area contributed by atoms with Gasteiger partial charge in [0.2, 0.25) is 0 Å². The summed E-state index contributed by atoms with van der Waals surface area (Å²) in [7, 11) is 2.91. The highest BCUT2D eigenvalue weighted by Gasteiger charge is 2.34. The van der Waals surface area contributed by atoms with E-state index in [1.54, 1.807) is 18.2 Å². The lowest BCUT2D eigenvalue weighted by atomic mass is 10.1. The second kappa shape index (κ2) is 6.45. The highest BCUT2D eigenvalue weighted by molar-refractivity contribution is 6.01. The largest absolute Gasteiger partial charge is 0.496 e. The molecule has 7 nitrogen and oxygen atoms in total. The Kier molecular flexibility index (Phi) is 4.64. The molecule has 0 saturated carbocycles. The van der Waals surface area contributed by atoms with Gasteiger partial charge in [-0.25, -0.2) is 4.79 Å². The molecule has 0 bridgehead atoms. The van der Waals surface area contributed by atoms with E-state index in [1.807, 2.05) is 0 Å². The number of nitrogens with one attached hydrogen (secondary N) is 1. The first-order valence-corrected chi connectivity index (χ1v) is 6.55. The molecule has 0 radical (unpaired) electrons. The second-order valence-electron chi connectivity index (χ2n) is 4.59. The summed E-state index contributed by atoms with van der Waals surface area (Å²) < 4.78 is 10.4. The maximum absolute atomic E-state index is 12.7. The quantitative estimate of drug-likeness (QED) is 0.825. The van der Waals surface area contributed by atoms with Gasteiger partial charge in [0, 0.05) is 19.6 Å². The van der Waals surface area contributed by atoms with Crippen molar-refractivity contribution in [2.75, 3.05) is 33.9 Å². The summed E-state index contributed by atoms with van der Waals surface area (Å²) in [5.74, 6) is -0.716. The molecule has 1 aliphatic heterocycles. The van der Waals surface area contributed by atoms with Crippen LogP contribution in [0.4, 0.5) is 0 Å². The Morgan fingerprint density at radius 1 is 1.29 bits per heavy atom. The van der Waals surface area contributed by atoms with Crippen LogP contribution in [0.3, 0.4) is 0 Å². The Morgan fingerprint density at radius 2 is 1.90 bits per heavy atom. The summed E-state index contributed by atoms with van der Waals surface area (Å²) in [5.41, 5.74) is 0.246. The molecule has 1 fully saturated rings. The predicted octanol–water partition coefficient (Wildman–Crippen LogP) is 0.202. The number of amides is 1. The van der Waals surface area contributed by atoms with Crippen LogP contribution >= 0.6 is 0 Å². The van der Waals surface area contributed by atoms with Crippen LogP contribution in [0.5, 0.6) is 11.5 Å². The number of rotatable bonds is 4. The van der Waals surface area contributed by atoms with Crippen molar-refractivity contribution in [1.29, 1.82) is 0 Å². The van der Waals surface area contributed by atoms with E-state index in [1.165, 1.54) is 19.1 Å². The number of carbonyl (C=O) groups excluding carboxylic acids is 1. The number of carboxylic acids is 1. The maximum atomic E-state index is 12.7. The molecule has 0 aromatic heterocycles. The van der Waals surface area contributed by atoms with Gasteiger partial charge in [0.25, 0.3) is 5.91 Å². The average molecular weight is 294 g/mol. The molecule has 1 aliphatic rings. The number of methoxy groups -OCH3 is 2. The smallest absolute Gasteiger partial charge is 0.327 e. The number of aliphatic carboxylic acids is 1. The van der Waals surface area contributed by atoms with E-state index in [4.69, 9.17) is 9.47 Å². The molecule has 1 aromatic carbocycles. The van der Waals surface area contributed by atoms with Gasteiger partial charge < -0.3 is 24.8 Å². The molecule has 114 valence electrons. The summed E-state index contributed by atoms with van der Waals surface area (Å²) in [6, 6.07) is 4.10. The number of hydrogen-bond donors (Lipinski definition) is 2. The molecular weight excluding hydrogens is 276 g/mol. The molecule has 1 amide bonds. The van der Waals surface area contributed by atoms with Crippen LogP contribution in [-0.4, -0.2) is 61.8 Å². The third-order valence-electron chi connectivity index (χ3n) is 3.43. The fourth-order valence-corrected chi connectivity index (χ4v) is 2.37. The SMILES string of the molecule is COc1cccc(OC)c1C(=O)N1CCNCC1C(=O)O. The standard InChI is InChI=1S/C14H18N2O5/c1-20-10-4-3-5-11(21-2)12(10)13(17)16-7-6-15-8-9(16)14(18)19/h3-5,9,15H,6-8H2,1-2H3,(H,18,19). The monoisotopic (exact) mass is 294 g/mol. The van der Waals surface area contributed by atoms with Crippen molar-refractivity contribution < 1.29 is 24.2 Å². The van der Waals surface area contributed by atoms with Crippen LogP contribution in [0.2, 0.25) is 0 Å². The predicted molar refractivity (Wildman–Crippen MR) is 74.9 cm³/mol. The van der Waals surface area contributed by atoms with E-state index in [2.05, 4.69) is 5.32 Å². The molecule has 0 spiro atoms. The summed E-state index contributed by atoms with van der Waals surface area (Å²) in [4.78, 5) is 25.4. The highest BCUT2D eigenvalue weighted by Crippen LogP contribution is 2.30. The average Bonchev–Trinajstić information content (AvgIpc) is 2.53. The van der Waals surface area contributed by atoms with E-state index in [9.17, 15) is 14.7 Å². The van der Waals surface area contributed by atoms with Crippen molar-refractivity contribution in [3.63, 3.8) is 0 Å². The van der Waals surface area contributed by atoms with E-state index in [-0.39, 0.29) is 12.1 Å². The van der Waals surface area contributed by atoms with Crippen molar-refractivity contribution in [1.82, 2.24) is 10.2 Å². The number of carbonyl (C=O) groups is 2. The Hall–Kier alpha value is -2.28. The molecule has 1 unspecified atom stereocenters. The fraction of sp³-hybridized carbons (Fsp3) is 0.429. The second-order valence-corrected chi connectivity index (χ2v) is 4.59. The number of benzene rings is 1. The molecule has 7 heteroatoms. The number of nitrogens with zero attached hydrogens (tertiary/aromatic N) is 1. The number of carboxylic acid groups (broad SMARTS) is 1. The Morgan fingerprint density at radius 3 is 2.43 bits per heavy atom. The van der Waals surface area contributed by atoms with Gasteiger partial charge in [-0.3, -0.25) is 4.79 Å². The lowest BCUT2D eigenvalue weighted by molar-refractivity contribution is -0.142. The molecule has 2 rings (SSSR count). The molecule has 1 atom stereocenters. The van der Waals surface area contributed by atoms with Crippen molar-refractivity contribution in [2.45, 2.75) is 6.04 Å². The van der Waals surface area contributed by atoms with E-state index < -0.39 is 17.9 Å². The normalized spacial score (nSPS) is 18.2. The van der Waals surface area contributed by atoms with Gasteiger partial charge in [0.05, 0.1) is 14.2 Å². The minimum atomic E-state index is -1.04. The lowest BCUT2D eigenvalue weighted by Gasteiger charge is -2.34. The molecule has 1 saturated heterocycles. The Balaban J connectivity index is 2.40. The van der Waals surface area contributed by atoms with Crippen LogP contribution in [0.1, 0.15) is 10.4 Å². The topological polar surface area (TPSA) is 88.1 Å². The van der Waals surface area contributed by atoms with Crippen molar-refractivity contribution in [3.8, 4) is 11.5 Å². The van der Waals surface area contributed by atoms with Crippen LogP contribution in [0.15, 0.2) is 18.2 Å². The van der Waals surface area contributed by atoms with Crippen LogP contribution in [0.25, 0.3) is 0 Å². The van der Waals surface area contributed by atoms with Gasteiger partial charge in [-0.1, -0.05) is 6.07 Å². The van der Waals surface area contributed by atoms with Gasteiger partial charge in [0.1, 0.15) is 23.1 Å². The van der Waals surface area contributed by atoms with Crippen molar-refractivity contribution in [2.24, 2.45) is 0 Å². The lowest BCUT2D eigenvalue weighted by Crippen LogP contribution is -2.57. The van der Waals surface area contributed by atoms with Crippen LogP contribution in [-0.2, 0) is 4.79 Å². The van der Waals surface area contributed by atoms with E-state index >= 15 is 0 Å². The number of hydrogen-bond acceptors (Lipinski definition) is 5. The fourth-order valence-electron chi connectivity index (χ4n) is 2.37.